The summed E-state index contributed by atoms with van der Waals surface area (Å²) < 4.78 is 9.95. The van der Waals surface area contributed by atoms with Crippen LogP contribution in [0.5, 0.6) is 0 Å². The van der Waals surface area contributed by atoms with Crippen LogP contribution in [0.25, 0.3) is 0 Å². The molecule has 10 nitrogen and oxygen atoms in total. The number of benzene rings is 2. The molecule has 2 aromatic rings. The molecule has 2 aliphatic heterocycles. The molecule has 1 saturated heterocycles. The zero-order valence-electron chi connectivity index (χ0n) is 18.8. The van der Waals surface area contributed by atoms with Crippen molar-refractivity contribution >= 4 is 41.3 Å². The summed E-state index contributed by atoms with van der Waals surface area (Å²) in [5.74, 6) is -4.83. The van der Waals surface area contributed by atoms with Crippen LogP contribution in [0.1, 0.15) is 35.3 Å². The number of carboxylic acids is 1. The monoisotopic (exact) mass is 500 g/mol. The first kappa shape index (κ1) is 24.2. The number of halogens is 1. The number of amides is 2. The van der Waals surface area contributed by atoms with Gasteiger partial charge in [0, 0.05) is 48.6 Å². The number of rotatable bonds is 6. The number of esters is 2. The summed E-state index contributed by atoms with van der Waals surface area (Å²) in [7, 11) is 0. The largest absolute Gasteiger partial charge is 0.478 e. The molecule has 35 heavy (non-hydrogen) atoms. The molecule has 0 spiro atoms. The molecule has 1 N–H and O–H groups in total. The minimum atomic E-state index is -2.09. The third-order valence-electron chi connectivity index (χ3n) is 5.97. The number of carbonyl (C=O) groups excluding carboxylic acids is 4. The summed E-state index contributed by atoms with van der Waals surface area (Å²) in [6, 6.07) is 13.3. The van der Waals surface area contributed by atoms with Gasteiger partial charge in [-0.15, -0.1) is 0 Å². The lowest BCUT2D eigenvalue weighted by molar-refractivity contribution is -0.185. The van der Waals surface area contributed by atoms with Gasteiger partial charge < -0.3 is 24.4 Å². The summed E-state index contributed by atoms with van der Waals surface area (Å²) in [5.41, 5.74) is -0.0580. The number of nitrogens with zero attached hydrogens (tertiary/aromatic N) is 2. The zero-order valence-corrected chi connectivity index (χ0v) is 19.5. The molecule has 0 aliphatic carbocycles. The van der Waals surface area contributed by atoms with Crippen molar-refractivity contribution < 1.29 is 38.6 Å². The van der Waals surface area contributed by atoms with Crippen molar-refractivity contribution in [3.05, 3.63) is 70.2 Å². The fourth-order valence-corrected chi connectivity index (χ4v) is 4.87. The van der Waals surface area contributed by atoms with Gasteiger partial charge in [0.05, 0.1) is 0 Å². The fraction of sp³-hybridized carbons (Fsp3) is 0.292. The molecule has 182 valence electrons. The van der Waals surface area contributed by atoms with Crippen molar-refractivity contribution in [1.29, 1.82) is 0 Å². The third-order valence-corrected chi connectivity index (χ3v) is 6.22. The Bertz CT molecular complexity index is 1230. The van der Waals surface area contributed by atoms with E-state index in [1.165, 1.54) is 9.80 Å². The van der Waals surface area contributed by atoms with Crippen LogP contribution in [0.15, 0.2) is 48.5 Å². The number of aliphatic carboxylic acids is 1. The maximum atomic E-state index is 13.9. The molecule has 11 heteroatoms. The van der Waals surface area contributed by atoms with Crippen LogP contribution in [-0.2, 0) is 34.3 Å². The van der Waals surface area contributed by atoms with Gasteiger partial charge in [-0.05, 0) is 18.2 Å². The second kappa shape index (κ2) is 9.03. The first-order chi connectivity index (χ1) is 16.6. The molecule has 3 atom stereocenters. The highest BCUT2D eigenvalue weighted by Crippen LogP contribution is 2.50. The first-order valence-corrected chi connectivity index (χ1v) is 11.0. The third kappa shape index (κ3) is 3.89. The highest BCUT2D eigenvalue weighted by atomic mass is 35.5. The van der Waals surface area contributed by atoms with Crippen molar-refractivity contribution in [3.8, 4) is 0 Å². The quantitative estimate of drug-likeness (QED) is 0.594. The Kier molecular flexibility index (Phi) is 6.25. The molecule has 1 fully saturated rings. The van der Waals surface area contributed by atoms with Crippen LogP contribution in [-0.4, -0.2) is 69.9 Å². The van der Waals surface area contributed by atoms with Gasteiger partial charge in [0.25, 0.3) is 11.8 Å². The lowest BCUT2D eigenvalue weighted by atomic mass is 9.89. The molecule has 2 aromatic carbocycles. The topological polar surface area (TPSA) is 131 Å². The number of carboxylic acid groups (broad SMARTS) is 1. The van der Waals surface area contributed by atoms with Crippen LogP contribution in [0, 0.1) is 0 Å². The molecule has 0 aromatic heterocycles. The second-order valence-electron chi connectivity index (χ2n) is 8.07. The number of hydrogen-bond acceptors (Lipinski definition) is 7. The predicted molar refractivity (Wildman–Crippen MR) is 120 cm³/mol. The summed E-state index contributed by atoms with van der Waals surface area (Å²) >= 11 is 6.09. The van der Waals surface area contributed by atoms with Crippen LogP contribution >= 0.6 is 11.6 Å². The Morgan fingerprint density at radius 3 is 2.14 bits per heavy atom. The Morgan fingerprint density at radius 1 is 0.943 bits per heavy atom. The zero-order chi connectivity index (χ0) is 25.5. The summed E-state index contributed by atoms with van der Waals surface area (Å²) in [6.45, 7) is 2.11. The van der Waals surface area contributed by atoms with E-state index in [0.717, 1.165) is 13.8 Å². The summed E-state index contributed by atoms with van der Waals surface area (Å²) in [4.78, 5) is 65.4. The van der Waals surface area contributed by atoms with E-state index in [0.29, 0.717) is 21.7 Å². The Balaban J connectivity index is 1.90. The highest BCUT2D eigenvalue weighted by molar-refractivity contribution is 6.30. The van der Waals surface area contributed by atoms with Crippen LogP contribution in [0.3, 0.4) is 0 Å². The van der Waals surface area contributed by atoms with E-state index in [2.05, 4.69) is 0 Å². The van der Waals surface area contributed by atoms with Gasteiger partial charge >= 0.3 is 17.9 Å². The molecule has 4 rings (SSSR count). The van der Waals surface area contributed by atoms with Gasteiger partial charge in [-0.1, -0.05) is 41.9 Å². The van der Waals surface area contributed by atoms with Crippen LogP contribution in [0.2, 0.25) is 5.02 Å². The van der Waals surface area contributed by atoms with E-state index in [1.54, 1.807) is 48.5 Å². The molecule has 2 heterocycles. The molecular weight excluding hydrogens is 480 g/mol. The van der Waals surface area contributed by atoms with E-state index in [1.807, 2.05) is 0 Å². The highest BCUT2D eigenvalue weighted by Gasteiger charge is 2.61. The summed E-state index contributed by atoms with van der Waals surface area (Å²) in [5, 5.41) is 10.1. The maximum absolute atomic E-state index is 13.9. The van der Waals surface area contributed by atoms with Crippen molar-refractivity contribution in [2.75, 3.05) is 13.1 Å². The van der Waals surface area contributed by atoms with E-state index >= 15 is 0 Å². The van der Waals surface area contributed by atoms with Gasteiger partial charge in [0.1, 0.15) is 0 Å². The lowest BCUT2D eigenvalue weighted by Gasteiger charge is -2.41. The van der Waals surface area contributed by atoms with Crippen molar-refractivity contribution in [1.82, 2.24) is 9.80 Å². The smallest absolute Gasteiger partial charge is 0.349 e. The van der Waals surface area contributed by atoms with Gasteiger partial charge in [-0.2, -0.15) is 0 Å². The molecule has 2 aliphatic rings. The number of ether oxygens (including phenoxy) is 2. The molecular formula is C24H21ClN2O8. The second-order valence-corrected chi connectivity index (χ2v) is 8.51. The van der Waals surface area contributed by atoms with Crippen LogP contribution < -0.4 is 0 Å². The lowest BCUT2D eigenvalue weighted by Crippen LogP contribution is -2.58. The van der Waals surface area contributed by atoms with Crippen LogP contribution in [0.4, 0.5) is 0 Å². The molecule has 2 amide bonds. The maximum Gasteiger partial charge on any atom is 0.349 e. The SMILES string of the molecule is CC(=O)O[C@H](C(=O)O)[C@H](OC(C)=O)C(=O)N1CCN2C(=O)c3ccccc3C21c1ccc(Cl)cc1. The predicted octanol–water partition coefficient (Wildman–Crippen LogP) is 1.79. The van der Waals surface area contributed by atoms with E-state index in [9.17, 15) is 29.1 Å². The van der Waals surface area contributed by atoms with Crippen molar-refractivity contribution in [3.63, 3.8) is 0 Å². The molecule has 0 saturated carbocycles. The average Bonchev–Trinajstić information content (AvgIpc) is 3.31. The van der Waals surface area contributed by atoms with Gasteiger partial charge in [-0.3, -0.25) is 19.2 Å². The van der Waals surface area contributed by atoms with Gasteiger partial charge in [0.15, 0.2) is 5.66 Å². The van der Waals surface area contributed by atoms with Crippen molar-refractivity contribution in [2.24, 2.45) is 0 Å². The fourth-order valence-electron chi connectivity index (χ4n) is 4.74. The van der Waals surface area contributed by atoms with E-state index in [4.69, 9.17) is 21.1 Å². The van der Waals surface area contributed by atoms with E-state index < -0.39 is 41.7 Å². The van der Waals surface area contributed by atoms with Gasteiger partial charge in [0.2, 0.25) is 12.2 Å². The Hall–Kier alpha value is -3.92. The molecule has 0 bridgehead atoms. The van der Waals surface area contributed by atoms with Gasteiger partial charge in [-0.25, -0.2) is 4.79 Å². The standard InChI is InChI=1S/C24H21ClN2O8/c1-13(28)34-19(20(23(32)33)35-14(2)29)22(31)27-12-11-26-21(30)17-5-3-4-6-18(17)24(26,27)15-7-9-16(25)10-8-15/h3-10,19-20H,11-12H2,1-2H3,(H,32,33)/t19-,20-,24?/m0/s1. The Labute approximate surface area is 205 Å². The van der Waals surface area contributed by atoms with E-state index in [-0.39, 0.29) is 19.0 Å². The minimum absolute atomic E-state index is 0.00566. The normalized spacial score (nSPS) is 20.0. The number of hydrogen-bond donors (Lipinski definition) is 1. The molecule has 0 radical (unpaired) electrons. The van der Waals surface area contributed by atoms with Crippen molar-refractivity contribution in [2.45, 2.75) is 31.7 Å². The molecule has 1 unspecified atom stereocenters. The average molecular weight is 501 g/mol. The minimum Gasteiger partial charge on any atom is -0.478 e. The summed E-state index contributed by atoms with van der Waals surface area (Å²) in [6.07, 6.45) is -4.08. The number of carbonyl (C=O) groups is 5. The number of fused-ring (bicyclic) bond motifs is 3. The first-order valence-electron chi connectivity index (χ1n) is 10.6. The Morgan fingerprint density at radius 2 is 1.54 bits per heavy atom.